The van der Waals surface area contributed by atoms with E-state index in [1.165, 1.54) is 0 Å². The number of aromatic nitrogens is 1. The zero-order chi connectivity index (χ0) is 15.3. The lowest BCUT2D eigenvalue weighted by Crippen LogP contribution is -2.46. The van der Waals surface area contributed by atoms with Crippen molar-refractivity contribution in [3.8, 4) is 0 Å². The predicted octanol–water partition coefficient (Wildman–Crippen LogP) is 2.77. The SMILES string of the molecule is COCC(C)(CCO)NCc1ccc(Cl)c2cccnc12. The van der Waals surface area contributed by atoms with Crippen LogP contribution < -0.4 is 5.32 Å². The summed E-state index contributed by atoms with van der Waals surface area (Å²) in [5.74, 6) is 0. The Bertz CT molecular complexity index is 598. The molecule has 0 bridgehead atoms. The van der Waals surface area contributed by atoms with Gasteiger partial charge in [-0.3, -0.25) is 4.98 Å². The molecule has 0 amide bonds. The van der Waals surface area contributed by atoms with Gasteiger partial charge in [-0.15, -0.1) is 0 Å². The minimum Gasteiger partial charge on any atom is -0.396 e. The van der Waals surface area contributed by atoms with Crippen molar-refractivity contribution in [1.82, 2.24) is 10.3 Å². The van der Waals surface area contributed by atoms with Crippen LogP contribution >= 0.6 is 11.6 Å². The smallest absolute Gasteiger partial charge is 0.0761 e. The molecule has 0 radical (unpaired) electrons. The minimum atomic E-state index is -0.274. The maximum absolute atomic E-state index is 9.21. The van der Waals surface area contributed by atoms with Gasteiger partial charge >= 0.3 is 0 Å². The van der Waals surface area contributed by atoms with Crippen LogP contribution in [0.5, 0.6) is 0 Å². The highest BCUT2D eigenvalue weighted by Gasteiger charge is 2.23. The molecule has 4 nitrogen and oxygen atoms in total. The fourth-order valence-corrected chi connectivity index (χ4v) is 2.64. The zero-order valence-corrected chi connectivity index (χ0v) is 13.2. The van der Waals surface area contributed by atoms with Gasteiger partial charge in [0.15, 0.2) is 0 Å². The van der Waals surface area contributed by atoms with E-state index in [2.05, 4.69) is 10.3 Å². The summed E-state index contributed by atoms with van der Waals surface area (Å²) in [5, 5.41) is 14.3. The average molecular weight is 309 g/mol. The van der Waals surface area contributed by atoms with Gasteiger partial charge in [0.1, 0.15) is 0 Å². The van der Waals surface area contributed by atoms with Crippen LogP contribution in [0.2, 0.25) is 5.02 Å². The third-order valence-electron chi connectivity index (χ3n) is 3.63. The van der Waals surface area contributed by atoms with E-state index in [0.29, 0.717) is 24.6 Å². The number of fused-ring (bicyclic) bond motifs is 1. The third-order valence-corrected chi connectivity index (χ3v) is 3.96. The quantitative estimate of drug-likeness (QED) is 0.826. The van der Waals surface area contributed by atoms with E-state index >= 15 is 0 Å². The van der Waals surface area contributed by atoms with Crippen molar-refractivity contribution >= 4 is 22.5 Å². The fraction of sp³-hybridized carbons (Fsp3) is 0.438. The van der Waals surface area contributed by atoms with E-state index in [1.807, 2.05) is 31.2 Å². The molecule has 0 aliphatic carbocycles. The van der Waals surface area contributed by atoms with Crippen molar-refractivity contribution in [3.05, 3.63) is 41.0 Å². The summed E-state index contributed by atoms with van der Waals surface area (Å²) in [5.41, 5.74) is 1.71. The fourth-order valence-electron chi connectivity index (χ4n) is 2.42. The molecule has 0 saturated heterocycles. The highest BCUT2D eigenvalue weighted by Crippen LogP contribution is 2.25. The number of hydrogen-bond donors (Lipinski definition) is 2. The van der Waals surface area contributed by atoms with E-state index in [-0.39, 0.29) is 12.1 Å². The van der Waals surface area contributed by atoms with Crippen LogP contribution in [0, 0.1) is 0 Å². The van der Waals surface area contributed by atoms with E-state index < -0.39 is 0 Å². The van der Waals surface area contributed by atoms with Gasteiger partial charge < -0.3 is 15.2 Å². The van der Waals surface area contributed by atoms with Gasteiger partial charge in [-0.2, -0.15) is 0 Å². The van der Waals surface area contributed by atoms with Crippen LogP contribution in [0.3, 0.4) is 0 Å². The first kappa shape index (κ1) is 16.2. The number of benzene rings is 1. The summed E-state index contributed by atoms with van der Waals surface area (Å²) in [6.45, 7) is 3.34. The van der Waals surface area contributed by atoms with Crippen LogP contribution in [-0.4, -0.2) is 36.0 Å². The highest BCUT2D eigenvalue weighted by molar-refractivity contribution is 6.35. The highest BCUT2D eigenvalue weighted by atomic mass is 35.5. The molecule has 0 aliphatic rings. The number of hydrogen-bond acceptors (Lipinski definition) is 4. The first-order chi connectivity index (χ1) is 10.1. The summed E-state index contributed by atoms with van der Waals surface area (Å²) < 4.78 is 5.24. The number of rotatable bonds is 7. The Morgan fingerprint density at radius 2 is 2.19 bits per heavy atom. The minimum absolute atomic E-state index is 0.118. The molecule has 0 spiro atoms. The topological polar surface area (TPSA) is 54.4 Å². The third kappa shape index (κ3) is 3.92. The van der Waals surface area contributed by atoms with Crippen LogP contribution in [-0.2, 0) is 11.3 Å². The Labute approximate surface area is 130 Å². The lowest BCUT2D eigenvalue weighted by atomic mass is 9.98. The van der Waals surface area contributed by atoms with Crippen molar-refractivity contribution in [3.63, 3.8) is 0 Å². The molecule has 1 heterocycles. The van der Waals surface area contributed by atoms with E-state index in [1.54, 1.807) is 13.3 Å². The van der Waals surface area contributed by atoms with Crippen LogP contribution in [0.25, 0.3) is 10.9 Å². The number of nitrogens with one attached hydrogen (secondary N) is 1. The number of nitrogens with zero attached hydrogens (tertiary/aromatic N) is 1. The van der Waals surface area contributed by atoms with Gasteiger partial charge in [-0.05, 0) is 37.1 Å². The molecule has 1 aromatic carbocycles. The van der Waals surface area contributed by atoms with Gasteiger partial charge in [0.05, 0.1) is 12.1 Å². The molecule has 1 aromatic heterocycles. The van der Waals surface area contributed by atoms with E-state index in [0.717, 1.165) is 16.5 Å². The largest absolute Gasteiger partial charge is 0.396 e. The van der Waals surface area contributed by atoms with Gasteiger partial charge in [0.2, 0.25) is 0 Å². The van der Waals surface area contributed by atoms with Crippen LogP contribution in [0.4, 0.5) is 0 Å². The summed E-state index contributed by atoms with van der Waals surface area (Å²) >= 11 is 6.21. The van der Waals surface area contributed by atoms with Gasteiger partial charge in [0, 0.05) is 42.4 Å². The van der Waals surface area contributed by atoms with E-state index in [4.69, 9.17) is 16.3 Å². The monoisotopic (exact) mass is 308 g/mol. The molecule has 0 aliphatic heterocycles. The molecule has 0 fully saturated rings. The van der Waals surface area contributed by atoms with Gasteiger partial charge in [-0.1, -0.05) is 17.7 Å². The summed E-state index contributed by atoms with van der Waals surface area (Å²) in [4.78, 5) is 4.43. The second kappa shape index (κ2) is 7.18. The standard InChI is InChI=1S/C16H21ClN2O2/c1-16(7-9-20,11-21-2)19-10-12-5-6-14(17)13-4-3-8-18-15(12)13/h3-6,8,19-20H,7,9-11H2,1-2H3. The Hall–Kier alpha value is -1.20. The molecule has 1 unspecified atom stereocenters. The predicted molar refractivity (Wildman–Crippen MR) is 85.6 cm³/mol. The van der Waals surface area contributed by atoms with Gasteiger partial charge in [0.25, 0.3) is 0 Å². The number of aliphatic hydroxyl groups is 1. The lowest BCUT2D eigenvalue weighted by molar-refractivity contribution is 0.0970. The Morgan fingerprint density at radius 1 is 1.38 bits per heavy atom. The van der Waals surface area contributed by atoms with Crippen molar-refractivity contribution in [2.45, 2.75) is 25.4 Å². The number of methoxy groups -OCH3 is 1. The number of halogens is 1. The maximum atomic E-state index is 9.21. The molecule has 2 N–H and O–H groups in total. The first-order valence-corrected chi connectivity index (χ1v) is 7.34. The number of pyridine rings is 1. The van der Waals surface area contributed by atoms with Crippen molar-refractivity contribution in [2.75, 3.05) is 20.3 Å². The van der Waals surface area contributed by atoms with Crippen molar-refractivity contribution in [2.24, 2.45) is 0 Å². The summed E-state index contributed by atoms with van der Waals surface area (Å²) in [6, 6.07) is 7.72. The molecule has 21 heavy (non-hydrogen) atoms. The number of ether oxygens (including phenoxy) is 1. The lowest BCUT2D eigenvalue weighted by Gasteiger charge is -2.30. The first-order valence-electron chi connectivity index (χ1n) is 6.96. The summed E-state index contributed by atoms with van der Waals surface area (Å²) in [7, 11) is 1.66. The molecular weight excluding hydrogens is 288 g/mol. The Morgan fingerprint density at radius 3 is 2.90 bits per heavy atom. The average Bonchev–Trinajstić information content (AvgIpc) is 2.47. The van der Waals surface area contributed by atoms with E-state index in [9.17, 15) is 5.11 Å². The molecular formula is C16H21ClN2O2. The maximum Gasteiger partial charge on any atom is 0.0761 e. The molecule has 5 heteroatoms. The molecule has 1 atom stereocenters. The van der Waals surface area contributed by atoms with Crippen LogP contribution in [0.15, 0.2) is 30.5 Å². The second-order valence-electron chi connectivity index (χ2n) is 5.43. The Kier molecular flexibility index (Phi) is 5.53. The second-order valence-corrected chi connectivity index (χ2v) is 5.83. The zero-order valence-electron chi connectivity index (χ0n) is 12.4. The van der Waals surface area contributed by atoms with Crippen molar-refractivity contribution in [1.29, 1.82) is 0 Å². The Balaban J connectivity index is 2.22. The summed E-state index contributed by atoms with van der Waals surface area (Å²) in [6.07, 6.45) is 2.39. The molecule has 0 saturated carbocycles. The molecule has 2 aromatic rings. The normalized spacial score (nSPS) is 14.3. The van der Waals surface area contributed by atoms with Crippen molar-refractivity contribution < 1.29 is 9.84 Å². The van der Waals surface area contributed by atoms with Gasteiger partial charge in [-0.25, -0.2) is 0 Å². The van der Waals surface area contributed by atoms with Crippen LogP contribution in [0.1, 0.15) is 18.9 Å². The molecule has 114 valence electrons. The number of aliphatic hydroxyl groups excluding tert-OH is 1. The molecule has 2 rings (SSSR count).